The number of aryl methyl sites for hydroxylation is 1. The second-order valence-electron chi connectivity index (χ2n) is 8.44. The molecule has 0 saturated carbocycles. The van der Waals surface area contributed by atoms with Gasteiger partial charge in [-0.15, -0.1) is 0 Å². The van der Waals surface area contributed by atoms with E-state index in [-0.39, 0.29) is 21.4 Å². The third kappa shape index (κ3) is 6.45. The molecule has 4 aromatic carbocycles. The average molecular weight is 567 g/mol. The highest BCUT2D eigenvalue weighted by Gasteiger charge is 2.31. The Labute approximate surface area is 232 Å². The normalized spacial score (nSPS) is 11.0. The molecule has 39 heavy (non-hydrogen) atoms. The van der Waals surface area contributed by atoms with Gasteiger partial charge in [0.15, 0.2) is 5.75 Å². The maximum atomic E-state index is 14.0. The van der Waals surface area contributed by atoms with Crippen molar-refractivity contribution in [1.82, 2.24) is 0 Å². The van der Waals surface area contributed by atoms with E-state index < -0.39 is 22.5 Å². The Morgan fingerprint density at radius 2 is 1.51 bits per heavy atom. The molecule has 0 aliphatic rings. The molecule has 202 valence electrons. The van der Waals surface area contributed by atoms with Crippen LogP contribution in [-0.2, 0) is 14.8 Å². The van der Waals surface area contributed by atoms with Crippen molar-refractivity contribution in [2.75, 3.05) is 30.4 Å². The summed E-state index contributed by atoms with van der Waals surface area (Å²) in [5.74, 6) is 0.901. The molecule has 0 aliphatic carbocycles. The molecule has 0 aromatic heterocycles. The highest BCUT2D eigenvalue weighted by molar-refractivity contribution is 7.93. The van der Waals surface area contributed by atoms with Gasteiger partial charge in [-0.1, -0.05) is 48.0 Å². The predicted octanol–water partition coefficient (Wildman–Crippen LogP) is 6.29. The number of para-hydroxylation sites is 3. The first-order chi connectivity index (χ1) is 18.7. The number of hydrogen-bond donors (Lipinski definition) is 1. The van der Waals surface area contributed by atoms with Crippen LogP contribution in [0.1, 0.15) is 5.56 Å². The lowest BCUT2D eigenvalue weighted by Gasteiger charge is -2.25. The van der Waals surface area contributed by atoms with E-state index in [2.05, 4.69) is 5.32 Å². The van der Waals surface area contributed by atoms with E-state index in [0.717, 1.165) is 4.31 Å². The first-order valence-corrected chi connectivity index (χ1v) is 13.7. The van der Waals surface area contributed by atoms with Crippen LogP contribution in [0.2, 0.25) is 5.02 Å². The van der Waals surface area contributed by atoms with Gasteiger partial charge >= 0.3 is 0 Å². The number of carbonyl (C=O) groups excluding carboxylic acids is 1. The van der Waals surface area contributed by atoms with Crippen LogP contribution in [0.5, 0.6) is 23.0 Å². The van der Waals surface area contributed by atoms with Crippen LogP contribution in [0.15, 0.2) is 95.9 Å². The predicted molar refractivity (Wildman–Crippen MR) is 152 cm³/mol. The van der Waals surface area contributed by atoms with Gasteiger partial charge in [-0.05, 0) is 67.1 Å². The summed E-state index contributed by atoms with van der Waals surface area (Å²) >= 11 is 6.33. The van der Waals surface area contributed by atoms with E-state index >= 15 is 0 Å². The Morgan fingerprint density at radius 1 is 0.846 bits per heavy atom. The lowest BCUT2D eigenvalue weighted by atomic mass is 10.2. The minimum atomic E-state index is -4.28. The maximum absolute atomic E-state index is 14.0. The molecule has 0 bridgehead atoms. The molecule has 4 aromatic rings. The molecule has 0 radical (unpaired) electrons. The van der Waals surface area contributed by atoms with Crippen molar-refractivity contribution < 1.29 is 27.4 Å². The van der Waals surface area contributed by atoms with Crippen LogP contribution in [0.25, 0.3) is 0 Å². The molecule has 8 nitrogen and oxygen atoms in total. The van der Waals surface area contributed by atoms with Crippen molar-refractivity contribution in [3.63, 3.8) is 0 Å². The van der Waals surface area contributed by atoms with E-state index in [4.69, 9.17) is 25.8 Å². The number of benzene rings is 4. The molecule has 0 spiro atoms. The zero-order valence-corrected chi connectivity index (χ0v) is 23.1. The number of ether oxygens (including phenoxy) is 3. The van der Waals surface area contributed by atoms with Crippen molar-refractivity contribution in [3.05, 3.63) is 102 Å². The van der Waals surface area contributed by atoms with E-state index in [0.29, 0.717) is 28.5 Å². The van der Waals surface area contributed by atoms with E-state index in [9.17, 15) is 13.2 Å². The van der Waals surface area contributed by atoms with Gasteiger partial charge in [-0.2, -0.15) is 0 Å². The Hall–Kier alpha value is -4.21. The minimum absolute atomic E-state index is 0.0856. The number of sulfonamides is 1. The lowest BCUT2D eigenvalue weighted by molar-refractivity contribution is -0.114. The summed E-state index contributed by atoms with van der Waals surface area (Å²) in [6.45, 7) is 1.21. The SMILES string of the molecule is COc1ccc(N(CC(=O)Nc2ccccc2Oc2ccccc2)S(=O)(=O)c2cc(C)ccc2OC)cc1Cl. The fraction of sp³-hybridized carbons (Fsp3) is 0.138. The molecular formula is C29H27ClN2O6S. The molecule has 0 aliphatic heterocycles. The minimum Gasteiger partial charge on any atom is -0.495 e. The van der Waals surface area contributed by atoms with Crippen LogP contribution >= 0.6 is 11.6 Å². The van der Waals surface area contributed by atoms with Gasteiger partial charge < -0.3 is 19.5 Å². The number of methoxy groups -OCH3 is 2. The molecule has 10 heteroatoms. The Bertz CT molecular complexity index is 1580. The smallest absolute Gasteiger partial charge is 0.268 e. The fourth-order valence-electron chi connectivity index (χ4n) is 3.82. The molecule has 0 fully saturated rings. The van der Waals surface area contributed by atoms with Crippen molar-refractivity contribution in [2.45, 2.75) is 11.8 Å². The van der Waals surface area contributed by atoms with E-state index in [1.807, 2.05) is 18.2 Å². The molecular weight excluding hydrogens is 540 g/mol. The number of nitrogens with zero attached hydrogens (tertiary/aromatic N) is 1. The highest BCUT2D eigenvalue weighted by Crippen LogP contribution is 2.35. The quantitative estimate of drug-likeness (QED) is 0.242. The first-order valence-electron chi connectivity index (χ1n) is 11.9. The van der Waals surface area contributed by atoms with Crippen LogP contribution in [0, 0.1) is 6.92 Å². The topological polar surface area (TPSA) is 94.2 Å². The van der Waals surface area contributed by atoms with Gasteiger partial charge in [-0.25, -0.2) is 8.42 Å². The van der Waals surface area contributed by atoms with Crippen LogP contribution < -0.4 is 23.8 Å². The van der Waals surface area contributed by atoms with E-state index in [1.54, 1.807) is 55.5 Å². The number of rotatable bonds is 10. The van der Waals surface area contributed by atoms with Crippen molar-refractivity contribution in [3.8, 4) is 23.0 Å². The number of nitrogens with one attached hydrogen (secondary N) is 1. The number of hydrogen-bond acceptors (Lipinski definition) is 6. The number of halogens is 1. The zero-order chi connectivity index (χ0) is 28.0. The third-order valence-electron chi connectivity index (χ3n) is 5.73. The molecule has 0 saturated heterocycles. The molecule has 0 atom stereocenters. The van der Waals surface area contributed by atoms with Gasteiger partial charge in [0.2, 0.25) is 5.91 Å². The Balaban J connectivity index is 1.70. The second-order valence-corrected chi connectivity index (χ2v) is 10.7. The monoisotopic (exact) mass is 566 g/mol. The molecule has 1 amide bonds. The fourth-order valence-corrected chi connectivity index (χ4v) is 5.73. The summed E-state index contributed by atoms with van der Waals surface area (Å²) in [6.07, 6.45) is 0. The number of carbonyl (C=O) groups is 1. The molecule has 4 rings (SSSR count). The summed E-state index contributed by atoms with van der Waals surface area (Å²) in [5, 5.41) is 2.96. The Morgan fingerprint density at radius 3 is 2.21 bits per heavy atom. The molecule has 0 unspecified atom stereocenters. The number of amides is 1. The Kier molecular flexibility index (Phi) is 8.63. The standard InChI is InChI=1S/C29H27ClN2O6S/c1-20-13-15-27(37-3)28(17-20)39(34,35)32(21-14-16-25(36-2)23(30)18-21)19-29(33)31-24-11-7-8-12-26(24)38-22-9-5-4-6-10-22/h4-18H,19H2,1-3H3,(H,31,33). The van der Waals surface area contributed by atoms with E-state index in [1.165, 1.54) is 38.5 Å². The van der Waals surface area contributed by atoms with Gasteiger partial charge in [0.05, 0.1) is 30.6 Å². The summed E-state index contributed by atoms with van der Waals surface area (Å²) in [5.41, 5.74) is 1.26. The average Bonchev–Trinajstić information content (AvgIpc) is 2.93. The van der Waals surface area contributed by atoms with Crippen LogP contribution in [0.3, 0.4) is 0 Å². The van der Waals surface area contributed by atoms with Crippen molar-refractivity contribution >= 4 is 38.9 Å². The second kappa shape index (κ2) is 12.1. The highest BCUT2D eigenvalue weighted by atomic mass is 35.5. The lowest BCUT2D eigenvalue weighted by Crippen LogP contribution is -2.38. The van der Waals surface area contributed by atoms with Crippen molar-refractivity contribution in [2.24, 2.45) is 0 Å². The van der Waals surface area contributed by atoms with Gasteiger partial charge in [0, 0.05) is 0 Å². The van der Waals surface area contributed by atoms with Gasteiger partial charge in [0.25, 0.3) is 10.0 Å². The summed E-state index contributed by atoms with van der Waals surface area (Å²) in [6, 6.07) is 25.3. The largest absolute Gasteiger partial charge is 0.495 e. The summed E-state index contributed by atoms with van der Waals surface area (Å²) in [4.78, 5) is 13.3. The van der Waals surface area contributed by atoms with Crippen molar-refractivity contribution in [1.29, 1.82) is 0 Å². The maximum Gasteiger partial charge on any atom is 0.268 e. The zero-order valence-electron chi connectivity index (χ0n) is 21.6. The molecule has 1 N–H and O–H groups in total. The van der Waals surface area contributed by atoms with Gasteiger partial charge in [0.1, 0.15) is 28.7 Å². The summed E-state index contributed by atoms with van der Waals surface area (Å²) < 4.78 is 45.4. The van der Waals surface area contributed by atoms with Crippen LogP contribution in [0.4, 0.5) is 11.4 Å². The van der Waals surface area contributed by atoms with Crippen LogP contribution in [-0.4, -0.2) is 35.1 Å². The van der Waals surface area contributed by atoms with Gasteiger partial charge in [-0.3, -0.25) is 9.10 Å². The first kappa shape index (κ1) is 27.8. The summed E-state index contributed by atoms with van der Waals surface area (Å²) in [7, 11) is -1.45. The third-order valence-corrected chi connectivity index (χ3v) is 7.82. The number of anilines is 2. The molecule has 0 heterocycles.